The van der Waals surface area contributed by atoms with Crippen LogP contribution in [0, 0.1) is 0 Å². The number of nitrogens with two attached hydrogens (primary N) is 1. The van der Waals surface area contributed by atoms with Gasteiger partial charge in [0.15, 0.2) is 0 Å². The van der Waals surface area contributed by atoms with Crippen molar-refractivity contribution >= 4 is 0 Å². The summed E-state index contributed by atoms with van der Waals surface area (Å²) >= 11 is 0. The van der Waals surface area contributed by atoms with E-state index in [1.807, 2.05) is 12.1 Å². The molecule has 0 saturated carbocycles. The third kappa shape index (κ3) is 2.86. The van der Waals surface area contributed by atoms with Crippen molar-refractivity contribution in [2.24, 2.45) is 5.73 Å². The quantitative estimate of drug-likeness (QED) is 0.900. The molecular formula is C15H25N3O. The van der Waals surface area contributed by atoms with E-state index in [0.717, 1.165) is 24.9 Å². The minimum absolute atomic E-state index is 0.254. The van der Waals surface area contributed by atoms with Crippen LogP contribution in [-0.4, -0.2) is 48.6 Å². The normalized spacial score (nSPS) is 27.7. The molecule has 2 N–H and O–H groups in total. The molecule has 3 heterocycles. The monoisotopic (exact) mass is 263 g/mol. The van der Waals surface area contributed by atoms with Crippen molar-refractivity contribution < 1.29 is 4.42 Å². The first-order valence-corrected chi connectivity index (χ1v) is 7.60. The van der Waals surface area contributed by atoms with E-state index < -0.39 is 0 Å². The van der Waals surface area contributed by atoms with Crippen LogP contribution in [0.1, 0.15) is 37.5 Å². The average molecular weight is 263 g/mol. The highest BCUT2D eigenvalue weighted by molar-refractivity contribution is 5.06. The summed E-state index contributed by atoms with van der Waals surface area (Å²) in [6.45, 7) is 5.49. The number of hydrogen-bond donors (Lipinski definition) is 1. The Morgan fingerprint density at radius 1 is 1.26 bits per heavy atom. The molecule has 106 valence electrons. The second kappa shape index (κ2) is 6.07. The van der Waals surface area contributed by atoms with Crippen LogP contribution in [0.2, 0.25) is 0 Å². The molecule has 2 atom stereocenters. The SMILES string of the molecule is NCC(c1ccco1)N1CCC(N2CCCCC2)C1. The predicted molar refractivity (Wildman–Crippen MR) is 75.9 cm³/mol. The van der Waals surface area contributed by atoms with E-state index >= 15 is 0 Å². The number of hydrogen-bond acceptors (Lipinski definition) is 4. The maximum atomic E-state index is 5.95. The molecule has 0 radical (unpaired) electrons. The van der Waals surface area contributed by atoms with E-state index in [1.54, 1.807) is 6.26 Å². The van der Waals surface area contributed by atoms with Crippen molar-refractivity contribution in [3.8, 4) is 0 Å². The summed E-state index contributed by atoms with van der Waals surface area (Å²) in [7, 11) is 0. The molecule has 2 saturated heterocycles. The van der Waals surface area contributed by atoms with Crippen LogP contribution in [0.15, 0.2) is 22.8 Å². The molecule has 1 aromatic rings. The van der Waals surface area contributed by atoms with Crippen LogP contribution < -0.4 is 5.73 Å². The Morgan fingerprint density at radius 3 is 2.79 bits per heavy atom. The van der Waals surface area contributed by atoms with Gasteiger partial charge < -0.3 is 10.2 Å². The van der Waals surface area contributed by atoms with Crippen molar-refractivity contribution in [1.29, 1.82) is 0 Å². The summed E-state index contributed by atoms with van der Waals surface area (Å²) in [6, 6.07) is 4.98. The van der Waals surface area contributed by atoms with Crippen LogP contribution in [0.25, 0.3) is 0 Å². The fourth-order valence-electron chi connectivity index (χ4n) is 3.56. The number of nitrogens with zero attached hydrogens (tertiary/aromatic N) is 2. The largest absolute Gasteiger partial charge is 0.468 e. The Bertz CT molecular complexity index is 373. The van der Waals surface area contributed by atoms with Gasteiger partial charge in [0.2, 0.25) is 0 Å². The standard InChI is InChI=1S/C15H25N3O/c16-11-14(15-5-4-10-19-15)18-9-6-13(12-18)17-7-2-1-3-8-17/h4-5,10,13-14H,1-3,6-9,11-12,16H2. The molecule has 2 fully saturated rings. The summed E-state index contributed by atoms with van der Waals surface area (Å²) < 4.78 is 5.54. The topological polar surface area (TPSA) is 45.6 Å². The fraction of sp³-hybridized carbons (Fsp3) is 0.733. The second-order valence-electron chi connectivity index (χ2n) is 5.80. The number of rotatable bonds is 4. The van der Waals surface area contributed by atoms with Crippen LogP contribution in [0.3, 0.4) is 0 Å². The summed E-state index contributed by atoms with van der Waals surface area (Å²) in [5.74, 6) is 1.02. The smallest absolute Gasteiger partial charge is 0.122 e. The van der Waals surface area contributed by atoms with Gasteiger partial charge in [0, 0.05) is 25.7 Å². The van der Waals surface area contributed by atoms with Crippen molar-refractivity contribution in [3.63, 3.8) is 0 Å². The van der Waals surface area contributed by atoms with Crippen LogP contribution >= 0.6 is 0 Å². The van der Waals surface area contributed by atoms with Crippen LogP contribution in [0.4, 0.5) is 0 Å². The lowest BCUT2D eigenvalue weighted by Gasteiger charge is -2.33. The first-order valence-electron chi connectivity index (χ1n) is 7.60. The third-order valence-corrected chi connectivity index (χ3v) is 4.64. The number of likely N-dealkylation sites (tertiary alicyclic amines) is 2. The van der Waals surface area contributed by atoms with Crippen LogP contribution in [0.5, 0.6) is 0 Å². The third-order valence-electron chi connectivity index (χ3n) is 4.64. The summed E-state index contributed by atoms with van der Waals surface area (Å²) in [4.78, 5) is 5.18. The zero-order chi connectivity index (χ0) is 13.1. The van der Waals surface area contributed by atoms with Gasteiger partial charge in [-0.2, -0.15) is 0 Å². The van der Waals surface area contributed by atoms with Gasteiger partial charge in [-0.3, -0.25) is 9.80 Å². The molecule has 4 nitrogen and oxygen atoms in total. The Labute approximate surface area is 115 Å². The lowest BCUT2D eigenvalue weighted by atomic mass is 10.1. The molecule has 0 spiro atoms. The van der Waals surface area contributed by atoms with E-state index in [0.29, 0.717) is 6.54 Å². The van der Waals surface area contributed by atoms with Gasteiger partial charge in [-0.25, -0.2) is 0 Å². The maximum absolute atomic E-state index is 5.95. The van der Waals surface area contributed by atoms with Crippen molar-refractivity contribution in [2.75, 3.05) is 32.7 Å². The van der Waals surface area contributed by atoms with Gasteiger partial charge in [-0.05, 0) is 44.5 Å². The molecular weight excluding hydrogens is 238 g/mol. The Hall–Kier alpha value is -0.840. The lowest BCUT2D eigenvalue weighted by Crippen LogP contribution is -2.41. The van der Waals surface area contributed by atoms with Gasteiger partial charge in [0.1, 0.15) is 5.76 Å². The van der Waals surface area contributed by atoms with Crippen molar-refractivity contribution in [3.05, 3.63) is 24.2 Å². The minimum Gasteiger partial charge on any atom is -0.468 e. The molecule has 2 aliphatic rings. The maximum Gasteiger partial charge on any atom is 0.122 e. The predicted octanol–water partition coefficient (Wildman–Crippen LogP) is 1.84. The molecule has 0 bridgehead atoms. The summed E-state index contributed by atoms with van der Waals surface area (Å²) in [5, 5.41) is 0. The summed E-state index contributed by atoms with van der Waals surface area (Å²) in [5.41, 5.74) is 5.95. The van der Waals surface area contributed by atoms with E-state index in [2.05, 4.69) is 9.80 Å². The van der Waals surface area contributed by atoms with Gasteiger partial charge >= 0.3 is 0 Å². The van der Waals surface area contributed by atoms with Crippen molar-refractivity contribution in [1.82, 2.24) is 9.80 Å². The zero-order valence-corrected chi connectivity index (χ0v) is 11.6. The first-order chi connectivity index (χ1) is 9.38. The average Bonchev–Trinajstić information content (AvgIpc) is 3.12. The molecule has 0 amide bonds. The van der Waals surface area contributed by atoms with Gasteiger partial charge in [0.25, 0.3) is 0 Å². The molecule has 19 heavy (non-hydrogen) atoms. The fourth-order valence-corrected chi connectivity index (χ4v) is 3.56. The van der Waals surface area contributed by atoms with E-state index in [1.165, 1.54) is 38.8 Å². The molecule has 2 aliphatic heterocycles. The summed E-state index contributed by atoms with van der Waals surface area (Å²) in [6.07, 6.45) is 7.17. The van der Waals surface area contributed by atoms with E-state index in [9.17, 15) is 0 Å². The molecule has 4 heteroatoms. The Morgan fingerprint density at radius 2 is 2.11 bits per heavy atom. The molecule has 2 unspecified atom stereocenters. The second-order valence-corrected chi connectivity index (χ2v) is 5.80. The highest BCUT2D eigenvalue weighted by atomic mass is 16.3. The van der Waals surface area contributed by atoms with Gasteiger partial charge in [-0.1, -0.05) is 6.42 Å². The molecule has 0 aliphatic carbocycles. The first kappa shape index (κ1) is 13.2. The highest BCUT2D eigenvalue weighted by Gasteiger charge is 2.33. The zero-order valence-electron chi connectivity index (χ0n) is 11.6. The number of piperidine rings is 1. The van der Waals surface area contributed by atoms with E-state index in [4.69, 9.17) is 10.2 Å². The van der Waals surface area contributed by atoms with Crippen molar-refractivity contribution in [2.45, 2.75) is 37.8 Å². The molecule has 3 rings (SSSR count). The minimum atomic E-state index is 0.254. The Balaban J connectivity index is 1.61. The number of furan rings is 1. The van der Waals surface area contributed by atoms with Gasteiger partial charge in [0.05, 0.1) is 12.3 Å². The lowest BCUT2D eigenvalue weighted by molar-refractivity contribution is 0.148. The van der Waals surface area contributed by atoms with Crippen LogP contribution in [-0.2, 0) is 0 Å². The van der Waals surface area contributed by atoms with Gasteiger partial charge in [-0.15, -0.1) is 0 Å². The van der Waals surface area contributed by atoms with E-state index in [-0.39, 0.29) is 6.04 Å². The molecule has 0 aromatic carbocycles. The highest BCUT2D eigenvalue weighted by Crippen LogP contribution is 2.27. The molecule has 1 aromatic heterocycles. The Kier molecular flexibility index (Phi) is 4.21.